The molecule has 0 aliphatic carbocycles. The van der Waals surface area contributed by atoms with Crippen LogP contribution in [0.25, 0.3) is 0 Å². The predicted octanol–water partition coefficient (Wildman–Crippen LogP) is 2.77. The van der Waals surface area contributed by atoms with Crippen LogP contribution < -0.4 is 0 Å². The molecule has 0 aromatic carbocycles. The maximum absolute atomic E-state index is 11.0. The van der Waals surface area contributed by atoms with E-state index in [2.05, 4.69) is 6.92 Å². The molecular weight excluding hydrogens is 364 g/mol. The quantitative estimate of drug-likeness (QED) is 0.266. The summed E-state index contributed by atoms with van der Waals surface area (Å²) in [5.74, 6) is -3.13. The van der Waals surface area contributed by atoms with E-state index in [9.17, 15) is 14.4 Å². The summed E-state index contributed by atoms with van der Waals surface area (Å²) in [6.07, 6.45) is 12.0. The lowest BCUT2D eigenvalue weighted by molar-refractivity contribution is -0.143. The Morgan fingerprint density at radius 3 is 1.32 bits per heavy atom. The third-order valence-electron chi connectivity index (χ3n) is 4.64. The third kappa shape index (κ3) is 17.7. The molecule has 0 radical (unpaired) electrons. The fourth-order valence-corrected chi connectivity index (χ4v) is 3.16. The smallest absolute Gasteiger partial charge is 0.317 e. The molecule has 0 rings (SSSR count). The van der Waals surface area contributed by atoms with Gasteiger partial charge in [0.1, 0.15) is 0 Å². The summed E-state index contributed by atoms with van der Waals surface area (Å²) >= 11 is 0. The molecule has 3 N–H and O–H groups in total. The van der Waals surface area contributed by atoms with Crippen LogP contribution in [0.15, 0.2) is 0 Å². The first-order chi connectivity index (χ1) is 13.3. The Morgan fingerprint density at radius 1 is 0.536 bits per heavy atom. The Balaban J connectivity index is 4.07. The minimum atomic E-state index is -1.10. The number of rotatable bonds is 20. The highest BCUT2D eigenvalue weighted by Crippen LogP contribution is 2.10. The highest BCUT2D eigenvalue weighted by atomic mass is 16.4. The minimum Gasteiger partial charge on any atom is -0.480 e. The monoisotopic (exact) mass is 402 g/mol. The van der Waals surface area contributed by atoms with Gasteiger partial charge >= 0.3 is 17.9 Å². The molecule has 0 saturated carbocycles. The molecule has 28 heavy (non-hydrogen) atoms. The van der Waals surface area contributed by atoms with E-state index in [1.165, 1.54) is 49.8 Å². The Morgan fingerprint density at radius 2 is 0.893 bits per heavy atom. The van der Waals surface area contributed by atoms with Gasteiger partial charge in [-0.3, -0.25) is 24.2 Å². The van der Waals surface area contributed by atoms with Crippen LogP contribution in [0.4, 0.5) is 0 Å². The van der Waals surface area contributed by atoms with Crippen molar-refractivity contribution >= 4 is 17.9 Å². The summed E-state index contributed by atoms with van der Waals surface area (Å²) in [7, 11) is 0. The molecule has 164 valence electrons. The number of aliphatic carboxylic acids is 3. The number of nitrogens with zero attached hydrogens (tertiary/aromatic N) is 2. The predicted molar refractivity (Wildman–Crippen MR) is 108 cm³/mol. The molecule has 0 amide bonds. The normalized spacial score (nSPS) is 11.2. The van der Waals surface area contributed by atoms with E-state index in [-0.39, 0.29) is 26.2 Å². The highest BCUT2D eigenvalue weighted by Gasteiger charge is 2.16. The molecular formula is C20H38N2O6. The van der Waals surface area contributed by atoms with Crippen molar-refractivity contribution in [3.05, 3.63) is 0 Å². The van der Waals surface area contributed by atoms with E-state index in [1.54, 1.807) is 4.90 Å². The van der Waals surface area contributed by atoms with Gasteiger partial charge in [0.2, 0.25) is 0 Å². The molecule has 0 aliphatic rings. The zero-order chi connectivity index (χ0) is 21.2. The number of unbranched alkanes of at least 4 members (excludes halogenated alkanes) is 9. The standard InChI is InChI=1S/C20H38N2O6/c1-2-3-4-5-6-7-8-9-10-11-12-21(15-18(23)24)13-14-22(16-19(25)26)17-20(27)28/h2-17H2,1H3,(H,23,24)(H,25,26)(H,27,28). The van der Waals surface area contributed by atoms with Crippen molar-refractivity contribution in [2.24, 2.45) is 0 Å². The molecule has 8 heteroatoms. The lowest BCUT2D eigenvalue weighted by atomic mass is 10.1. The number of carboxylic acids is 3. The van der Waals surface area contributed by atoms with Crippen LogP contribution >= 0.6 is 0 Å². The average Bonchev–Trinajstić information content (AvgIpc) is 2.59. The van der Waals surface area contributed by atoms with Gasteiger partial charge in [-0.25, -0.2) is 0 Å². The van der Waals surface area contributed by atoms with Gasteiger partial charge in [-0.2, -0.15) is 0 Å². The van der Waals surface area contributed by atoms with Crippen molar-refractivity contribution in [3.8, 4) is 0 Å². The summed E-state index contributed by atoms with van der Waals surface area (Å²) in [5.41, 5.74) is 0. The lowest BCUT2D eigenvalue weighted by Crippen LogP contribution is -2.42. The van der Waals surface area contributed by atoms with Crippen LogP contribution in [0, 0.1) is 0 Å². The first-order valence-electron chi connectivity index (χ1n) is 10.4. The second kappa shape index (κ2) is 17.4. The van der Waals surface area contributed by atoms with Gasteiger partial charge in [0.25, 0.3) is 0 Å². The summed E-state index contributed by atoms with van der Waals surface area (Å²) < 4.78 is 0. The second-order valence-corrected chi connectivity index (χ2v) is 7.35. The Kier molecular flexibility index (Phi) is 16.4. The van der Waals surface area contributed by atoms with E-state index < -0.39 is 17.9 Å². The van der Waals surface area contributed by atoms with Crippen molar-refractivity contribution in [2.45, 2.75) is 71.1 Å². The van der Waals surface area contributed by atoms with Crippen LogP contribution in [0.5, 0.6) is 0 Å². The van der Waals surface area contributed by atoms with Crippen molar-refractivity contribution in [2.75, 3.05) is 39.3 Å². The molecule has 0 heterocycles. The summed E-state index contributed by atoms with van der Waals surface area (Å²) in [6, 6.07) is 0. The van der Waals surface area contributed by atoms with E-state index >= 15 is 0 Å². The minimum absolute atomic E-state index is 0.120. The van der Waals surface area contributed by atoms with Crippen LogP contribution in [0.2, 0.25) is 0 Å². The van der Waals surface area contributed by atoms with Crippen LogP contribution in [0.3, 0.4) is 0 Å². The Bertz CT molecular complexity index is 428. The second-order valence-electron chi connectivity index (χ2n) is 7.35. The van der Waals surface area contributed by atoms with Crippen LogP contribution in [0.1, 0.15) is 71.1 Å². The summed E-state index contributed by atoms with van der Waals surface area (Å²) in [5, 5.41) is 26.8. The first-order valence-corrected chi connectivity index (χ1v) is 10.4. The maximum Gasteiger partial charge on any atom is 0.317 e. The Labute approximate surface area is 168 Å². The van der Waals surface area contributed by atoms with Gasteiger partial charge in [-0.1, -0.05) is 64.7 Å². The van der Waals surface area contributed by atoms with Gasteiger partial charge in [0, 0.05) is 13.1 Å². The van der Waals surface area contributed by atoms with Crippen LogP contribution in [-0.4, -0.2) is 82.3 Å². The van der Waals surface area contributed by atoms with E-state index in [0.29, 0.717) is 13.1 Å². The molecule has 0 fully saturated rings. The van der Waals surface area contributed by atoms with Crippen molar-refractivity contribution in [1.29, 1.82) is 0 Å². The van der Waals surface area contributed by atoms with Crippen molar-refractivity contribution in [3.63, 3.8) is 0 Å². The average molecular weight is 403 g/mol. The molecule has 0 aromatic heterocycles. The van der Waals surface area contributed by atoms with Gasteiger partial charge in [0.05, 0.1) is 19.6 Å². The largest absolute Gasteiger partial charge is 0.480 e. The SMILES string of the molecule is CCCCCCCCCCCCN(CCN(CC(=O)O)CC(=O)O)CC(=O)O. The molecule has 0 atom stereocenters. The van der Waals surface area contributed by atoms with E-state index in [1.807, 2.05) is 0 Å². The van der Waals surface area contributed by atoms with Gasteiger partial charge in [0.15, 0.2) is 0 Å². The fraction of sp³-hybridized carbons (Fsp3) is 0.850. The molecule has 0 unspecified atom stereocenters. The highest BCUT2D eigenvalue weighted by molar-refractivity contribution is 5.72. The van der Waals surface area contributed by atoms with Gasteiger partial charge in [-0.05, 0) is 13.0 Å². The number of hydrogen-bond donors (Lipinski definition) is 3. The number of hydrogen-bond acceptors (Lipinski definition) is 5. The Hall–Kier alpha value is -1.67. The fourth-order valence-electron chi connectivity index (χ4n) is 3.16. The topological polar surface area (TPSA) is 118 Å². The van der Waals surface area contributed by atoms with Gasteiger partial charge in [-0.15, -0.1) is 0 Å². The van der Waals surface area contributed by atoms with E-state index in [4.69, 9.17) is 15.3 Å². The van der Waals surface area contributed by atoms with Crippen molar-refractivity contribution < 1.29 is 29.7 Å². The van der Waals surface area contributed by atoms with E-state index in [0.717, 1.165) is 19.3 Å². The summed E-state index contributed by atoms with van der Waals surface area (Å²) in [4.78, 5) is 35.8. The zero-order valence-corrected chi connectivity index (χ0v) is 17.3. The molecule has 0 aromatic rings. The van der Waals surface area contributed by atoms with Gasteiger partial charge < -0.3 is 15.3 Å². The molecule has 0 spiro atoms. The number of carbonyl (C=O) groups is 3. The lowest BCUT2D eigenvalue weighted by Gasteiger charge is -2.24. The molecule has 8 nitrogen and oxygen atoms in total. The maximum atomic E-state index is 11.0. The molecule has 0 aliphatic heterocycles. The molecule has 0 saturated heterocycles. The number of carboxylic acid groups (broad SMARTS) is 3. The summed E-state index contributed by atoms with van der Waals surface area (Å²) in [6.45, 7) is 2.52. The zero-order valence-electron chi connectivity index (χ0n) is 17.3. The van der Waals surface area contributed by atoms with Crippen LogP contribution in [-0.2, 0) is 14.4 Å². The first kappa shape index (κ1) is 26.3. The molecule has 0 bridgehead atoms. The van der Waals surface area contributed by atoms with Crippen molar-refractivity contribution in [1.82, 2.24) is 9.80 Å². The third-order valence-corrected chi connectivity index (χ3v) is 4.64.